The van der Waals surface area contributed by atoms with Crippen LogP contribution in [0.15, 0.2) is 46.0 Å². The van der Waals surface area contributed by atoms with E-state index in [0.717, 1.165) is 22.9 Å². The monoisotopic (exact) mass is 417 g/mol. The molecule has 0 atom stereocenters. The summed E-state index contributed by atoms with van der Waals surface area (Å²) < 4.78 is 16.7. The zero-order valence-corrected chi connectivity index (χ0v) is 16.5. The number of aromatic nitrogens is 2. The molecule has 0 saturated carbocycles. The topological polar surface area (TPSA) is 86.5 Å². The lowest BCUT2D eigenvalue weighted by molar-refractivity contribution is -0.113. The Balaban J connectivity index is 1.37. The molecule has 0 spiro atoms. The lowest BCUT2D eigenvalue weighted by atomic mass is 10.2. The Labute approximate surface area is 170 Å². The average molecular weight is 418 g/mol. The number of aryl methyl sites for hydroxylation is 1. The van der Waals surface area contributed by atoms with Crippen molar-refractivity contribution in [3.05, 3.63) is 47.0 Å². The predicted octanol–water partition coefficient (Wildman–Crippen LogP) is 4.20. The van der Waals surface area contributed by atoms with Gasteiger partial charge in [-0.05, 0) is 42.8 Å². The van der Waals surface area contributed by atoms with E-state index in [1.807, 2.05) is 19.1 Å². The highest BCUT2D eigenvalue weighted by molar-refractivity contribution is 7.99. The number of amides is 1. The molecule has 0 saturated heterocycles. The minimum absolute atomic E-state index is 0.133. The number of benzene rings is 2. The number of carbonyl (C=O) groups excluding carboxylic acids is 1. The Morgan fingerprint density at radius 1 is 1.14 bits per heavy atom. The van der Waals surface area contributed by atoms with Crippen LogP contribution in [0, 0.1) is 6.92 Å². The molecule has 144 valence electrons. The summed E-state index contributed by atoms with van der Waals surface area (Å²) in [6.07, 6.45) is 0. The standard InChI is InChI=1S/C19H16ClN3O4S/c1-11-2-4-13(9-14(11)20)21-17(24)10-28-19-23-22-18(27-19)12-3-5-15-16(8-12)26-7-6-25-15/h2-5,8-9H,6-7,10H2,1H3,(H,21,24). The summed E-state index contributed by atoms with van der Waals surface area (Å²) in [4.78, 5) is 12.1. The second-order valence-corrected chi connectivity index (χ2v) is 7.37. The summed E-state index contributed by atoms with van der Waals surface area (Å²) in [5.74, 6) is 1.63. The van der Waals surface area contributed by atoms with E-state index in [1.165, 1.54) is 0 Å². The molecule has 2 aromatic carbocycles. The van der Waals surface area contributed by atoms with Gasteiger partial charge in [0.2, 0.25) is 11.8 Å². The number of halogens is 1. The van der Waals surface area contributed by atoms with Gasteiger partial charge < -0.3 is 19.2 Å². The lowest BCUT2D eigenvalue weighted by Gasteiger charge is -2.18. The fourth-order valence-corrected chi connectivity index (χ4v) is 3.30. The van der Waals surface area contributed by atoms with Gasteiger partial charge in [-0.25, -0.2) is 0 Å². The predicted molar refractivity (Wildman–Crippen MR) is 106 cm³/mol. The maximum absolute atomic E-state index is 12.1. The first kappa shape index (κ1) is 18.6. The van der Waals surface area contributed by atoms with Crippen molar-refractivity contribution in [3.8, 4) is 23.0 Å². The molecule has 1 N–H and O–H groups in total. The van der Waals surface area contributed by atoms with Crippen molar-refractivity contribution >= 4 is 35.0 Å². The van der Waals surface area contributed by atoms with Crippen LogP contribution in [-0.2, 0) is 4.79 Å². The molecule has 1 amide bonds. The number of hydrogen-bond donors (Lipinski definition) is 1. The van der Waals surface area contributed by atoms with E-state index in [0.29, 0.717) is 46.5 Å². The molecule has 0 unspecified atom stereocenters. The average Bonchev–Trinajstić information content (AvgIpc) is 3.18. The first-order chi connectivity index (χ1) is 13.6. The van der Waals surface area contributed by atoms with Gasteiger partial charge >= 0.3 is 0 Å². The van der Waals surface area contributed by atoms with E-state index in [9.17, 15) is 4.79 Å². The Morgan fingerprint density at radius 2 is 1.96 bits per heavy atom. The van der Waals surface area contributed by atoms with Gasteiger partial charge in [-0.1, -0.05) is 29.4 Å². The highest BCUT2D eigenvalue weighted by Crippen LogP contribution is 2.34. The molecular weight excluding hydrogens is 402 g/mol. The third kappa shape index (κ3) is 4.23. The quantitative estimate of drug-likeness (QED) is 0.622. The van der Waals surface area contributed by atoms with Crippen LogP contribution in [0.4, 0.5) is 5.69 Å². The molecule has 3 aromatic rings. The molecule has 0 radical (unpaired) electrons. The third-order valence-electron chi connectivity index (χ3n) is 3.98. The number of carbonyl (C=O) groups is 1. The first-order valence-electron chi connectivity index (χ1n) is 8.51. The summed E-state index contributed by atoms with van der Waals surface area (Å²) in [5, 5.41) is 11.7. The van der Waals surface area contributed by atoms with Crippen molar-refractivity contribution in [2.45, 2.75) is 12.1 Å². The second kappa shape index (κ2) is 8.12. The maximum Gasteiger partial charge on any atom is 0.277 e. The first-order valence-corrected chi connectivity index (χ1v) is 9.87. The number of hydrogen-bond acceptors (Lipinski definition) is 7. The molecule has 0 aliphatic carbocycles. The van der Waals surface area contributed by atoms with Gasteiger partial charge in [0.1, 0.15) is 13.2 Å². The normalized spacial score (nSPS) is 12.6. The largest absolute Gasteiger partial charge is 0.486 e. The molecule has 2 heterocycles. The van der Waals surface area contributed by atoms with Crippen LogP contribution in [0.25, 0.3) is 11.5 Å². The maximum atomic E-state index is 12.1. The van der Waals surface area contributed by atoms with Crippen molar-refractivity contribution in [1.29, 1.82) is 0 Å². The summed E-state index contributed by atoms with van der Waals surface area (Å²) >= 11 is 7.23. The van der Waals surface area contributed by atoms with Gasteiger partial charge in [-0.2, -0.15) is 0 Å². The fourth-order valence-electron chi connectivity index (χ4n) is 2.56. The van der Waals surface area contributed by atoms with Crippen LogP contribution in [-0.4, -0.2) is 35.1 Å². The summed E-state index contributed by atoms with van der Waals surface area (Å²) in [6.45, 7) is 2.94. The number of nitrogens with zero attached hydrogens (tertiary/aromatic N) is 2. The van der Waals surface area contributed by atoms with Gasteiger partial charge in [0, 0.05) is 16.3 Å². The lowest BCUT2D eigenvalue weighted by Crippen LogP contribution is -2.15. The van der Waals surface area contributed by atoms with Crippen LogP contribution in [0.3, 0.4) is 0 Å². The Hall–Kier alpha value is -2.71. The van der Waals surface area contributed by atoms with Crippen LogP contribution >= 0.6 is 23.4 Å². The van der Waals surface area contributed by atoms with Crippen molar-refractivity contribution < 1.29 is 18.7 Å². The van der Waals surface area contributed by atoms with E-state index >= 15 is 0 Å². The summed E-state index contributed by atoms with van der Waals surface area (Å²) in [6, 6.07) is 10.8. The molecule has 0 fully saturated rings. The molecular formula is C19H16ClN3O4S. The van der Waals surface area contributed by atoms with Gasteiger partial charge in [0.05, 0.1) is 5.75 Å². The molecule has 9 heteroatoms. The zero-order chi connectivity index (χ0) is 19.5. The van der Waals surface area contributed by atoms with Crippen molar-refractivity contribution in [3.63, 3.8) is 0 Å². The molecule has 0 bridgehead atoms. The number of ether oxygens (including phenoxy) is 2. The Morgan fingerprint density at radius 3 is 2.79 bits per heavy atom. The minimum atomic E-state index is -0.191. The van der Waals surface area contributed by atoms with Crippen LogP contribution in [0.5, 0.6) is 11.5 Å². The SMILES string of the molecule is Cc1ccc(NC(=O)CSc2nnc(-c3ccc4c(c3)OCCO4)o2)cc1Cl. The minimum Gasteiger partial charge on any atom is -0.486 e. The van der Waals surface area contributed by atoms with Gasteiger partial charge in [-0.15, -0.1) is 10.2 Å². The summed E-state index contributed by atoms with van der Waals surface area (Å²) in [7, 11) is 0. The van der Waals surface area contributed by atoms with E-state index in [4.69, 9.17) is 25.5 Å². The molecule has 28 heavy (non-hydrogen) atoms. The van der Waals surface area contributed by atoms with Crippen LogP contribution in [0.2, 0.25) is 5.02 Å². The number of rotatable bonds is 5. The van der Waals surface area contributed by atoms with Crippen LogP contribution < -0.4 is 14.8 Å². The summed E-state index contributed by atoms with van der Waals surface area (Å²) in [5.41, 5.74) is 2.32. The van der Waals surface area contributed by atoms with Crippen molar-refractivity contribution in [2.75, 3.05) is 24.3 Å². The second-order valence-electron chi connectivity index (χ2n) is 6.03. The molecule has 1 aromatic heterocycles. The van der Waals surface area contributed by atoms with E-state index in [2.05, 4.69) is 15.5 Å². The van der Waals surface area contributed by atoms with Gasteiger partial charge in [0.25, 0.3) is 5.22 Å². The van der Waals surface area contributed by atoms with E-state index in [-0.39, 0.29) is 11.7 Å². The van der Waals surface area contributed by atoms with Crippen molar-refractivity contribution in [2.24, 2.45) is 0 Å². The highest BCUT2D eigenvalue weighted by atomic mass is 35.5. The highest BCUT2D eigenvalue weighted by Gasteiger charge is 2.16. The van der Waals surface area contributed by atoms with Crippen molar-refractivity contribution in [1.82, 2.24) is 10.2 Å². The van der Waals surface area contributed by atoms with Crippen LogP contribution in [0.1, 0.15) is 5.56 Å². The number of thioether (sulfide) groups is 1. The zero-order valence-electron chi connectivity index (χ0n) is 14.9. The molecule has 1 aliphatic heterocycles. The molecule has 7 nitrogen and oxygen atoms in total. The third-order valence-corrected chi connectivity index (χ3v) is 5.20. The van der Waals surface area contributed by atoms with Gasteiger partial charge in [0.15, 0.2) is 11.5 Å². The number of anilines is 1. The number of fused-ring (bicyclic) bond motifs is 1. The Kier molecular flexibility index (Phi) is 5.40. The smallest absolute Gasteiger partial charge is 0.277 e. The fraction of sp³-hybridized carbons (Fsp3) is 0.211. The van der Waals surface area contributed by atoms with E-state index < -0.39 is 0 Å². The molecule has 4 rings (SSSR count). The van der Waals surface area contributed by atoms with Gasteiger partial charge in [-0.3, -0.25) is 4.79 Å². The Bertz CT molecular complexity index is 1020. The van der Waals surface area contributed by atoms with E-state index in [1.54, 1.807) is 24.3 Å². The molecule has 1 aliphatic rings. The number of nitrogens with one attached hydrogen (secondary N) is 1.